The Balaban J connectivity index is 2.43. The van der Waals surface area contributed by atoms with Crippen molar-refractivity contribution in [3.8, 4) is 0 Å². The van der Waals surface area contributed by atoms with Crippen LogP contribution < -0.4 is 9.13 Å². The van der Waals surface area contributed by atoms with E-state index in [0.29, 0.717) is 29.2 Å². The summed E-state index contributed by atoms with van der Waals surface area (Å²) in [6, 6.07) is 13.6. The molecule has 2 aromatic rings. The van der Waals surface area contributed by atoms with E-state index < -0.39 is 5.89 Å². The maximum absolute atomic E-state index is 7.07. The molecule has 0 aliphatic carbocycles. The second-order valence-electron chi connectivity index (χ2n) is 11.0. The van der Waals surface area contributed by atoms with E-state index in [2.05, 4.69) is 142 Å². The van der Waals surface area contributed by atoms with Crippen molar-refractivity contribution in [3.63, 3.8) is 0 Å². The normalized spacial score (nSPS) is 18.9. The smallest absolute Gasteiger partial charge is 0.345 e. The Morgan fingerprint density at radius 2 is 1.09 bits per heavy atom. The van der Waals surface area contributed by atoms with Gasteiger partial charge in [0, 0.05) is 22.8 Å². The lowest BCUT2D eigenvalue weighted by Gasteiger charge is -2.52. The number of rotatable bonds is 7. The molecule has 0 aromatic heterocycles. The van der Waals surface area contributed by atoms with Gasteiger partial charge in [-0.25, -0.2) is 0 Å². The van der Waals surface area contributed by atoms with Crippen LogP contribution in [0.25, 0.3) is 0 Å². The Morgan fingerprint density at radius 3 is 1.40 bits per heavy atom. The molecular weight excluding hydrogens is 579 g/mol. The van der Waals surface area contributed by atoms with Crippen LogP contribution in [0.4, 0.5) is 11.4 Å². The molecule has 0 N–H and O–H groups in total. The van der Waals surface area contributed by atoms with Gasteiger partial charge >= 0.3 is 5.89 Å². The second kappa shape index (κ2) is 11.0. The van der Waals surface area contributed by atoms with Crippen molar-refractivity contribution in [1.82, 2.24) is 0 Å². The zero-order valence-corrected chi connectivity index (χ0v) is 26.8. The van der Waals surface area contributed by atoms with Gasteiger partial charge in [-0.15, -0.1) is 11.6 Å². The number of para-hydroxylation sites is 2. The topological polar surface area (TPSA) is 6.48 Å². The van der Waals surface area contributed by atoms with Crippen LogP contribution in [0, 0.1) is 0 Å². The SMILES string of the molecule is C=C1C=C(C)N(c2c(C(C)C)cccc2C(C)C)[Si](I)(CCl)N1c1c(C(C)C)cccc1C(C)C. The van der Waals surface area contributed by atoms with Gasteiger partial charge in [-0.2, -0.15) is 0 Å². The molecule has 0 amide bonds. The van der Waals surface area contributed by atoms with Crippen molar-refractivity contribution in [2.75, 3.05) is 14.6 Å². The summed E-state index contributed by atoms with van der Waals surface area (Å²) in [5.41, 5.74) is 11.0. The van der Waals surface area contributed by atoms with Crippen molar-refractivity contribution in [2.45, 2.75) is 86.0 Å². The third-order valence-corrected chi connectivity index (χ3v) is 16.3. The molecule has 2 nitrogen and oxygen atoms in total. The van der Waals surface area contributed by atoms with Crippen molar-refractivity contribution < 1.29 is 0 Å². The summed E-state index contributed by atoms with van der Waals surface area (Å²) < 4.78 is 5.18. The molecule has 1 aliphatic rings. The largest absolute Gasteiger partial charge is 0.356 e. The summed E-state index contributed by atoms with van der Waals surface area (Å²) in [5.74, 6) is -0.931. The van der Waals surface area contributed by atoms with Crippen molar-refractivity contribution >= 4 is 50.7 Å². The summed E-state index contributed by atoms with van der Waals surface area (Å²) in [5, 5.41) is 0. The fourth-order valence-electron chi connectivity index (χ4n) is 5.28. The third-order valence-electron chi connectivity index (χ3n) is 7.00. The molecule has 1 heterocycles. The molecular formula is C30H42ClIN2Si. The lowest BCUT2D eigenvalue weighted by Crippen LogP contribution is -2.65. The van der Waals surface area contributed by atoms with Crippen molar-refractivity contribution in [3.05, 3.63) is 82.7 Å². The third kappa shape index (κ3) is 5.13. The molecule has 1 atom stereocenters. The second-order valence-corrected chi connectivity index (χ2v) is 19.6. The van der Waals surface area contributed by atoms with E-state index in [0.717, 1.165) is 5.70 Å². The number of halogens is 2. The van der Waals surface area contributed by atoms with E-state index in [1.807, 2.05) is 0 Å². The molecule has 0 radical (unpaired) electrons. The number of alkyl halides is 1. The first kappa shape index (κ1) is 28.3. The monoisotopic (exact) mass is 620 g/mol. The van der Waals surface area contributed by atoms with E-state index in [4.69, 9.17) is 11.6 Å². The summed E-state index contributed by atoms with van der Waals surface area (Å²) in [4.78, 5) is 0. The first-order valence-corrected chi connectivity index (χ1v) is 18.6. The number of hydrogen-bond acceptors (Lipinski definition) is 2. The number of allylic oxidation sites excluding steroid dienone is 2. The minimum absolute atomic E-state index is 0.399. The molecule has 1 aliphatic heterocycles. The van der Waals surface area contributed by atoms with Gasteiger partial charge in [-0.1, -0.05) is 120 Å². The minimum Gasteiger partial charge on any atom is -0.345 e. The van der Waals surface area contributed by atoms with Gasteiger partial charge in [0.1, 0.15) is 0 Å². The minimum atomic E-state index is -2.55. The molecule has 5 heteroatoms. The van der Waals surface area contributed by atoms with Crippen LogP contribution in [0.15, 0.2) is 60.4 Å². The highest BCUT2D eigenvalue weighted by molar-refractivity contribution is 14.1. The molecule has 1 unspecified atom stereocenters. The van der Waals surface area contributed by atoms with Crippen molar-refractivity contribution in [2.24, 2.45) is 0 Å². The first-order valence-electron chi connectivity index (χ1n) is 12.8. The molecule has 35 heavy (non-hydrogen) atoms. The molecule has 0 spiro atoms. The van der Waals surface area contributed by atoms with Gasteiger partial charge in [0.05, 0.1) is 5.50 Å². The van der Waals surface area contributed by atoms with Crippen LogP contribution in [0.2, 0.25) is 0 Å². The number of nitrogens with zero attached hydrogens (tertiary/aromatic N) is 2. The van der Waals surface area contributed by atoms with E-state index in [9.17, 15) is 0 Å². The number of hydrogen-bond donors (Lipinski definition) is 0. The summed E-state index contributed by atoms with van der Waals surface area (Å²) in [6.07, 6.45) is 2.26. The summed E-state index contributed by atoms with van der Waals surface area (Å²) in [7, 11) is 0. The van der Waals surface area contributed by atoms with Gasteiger partial charge in [-0.3, -0.25) is 0 Å². The molecule has 0 saturated heterocycles. The predicted octanol–water partition coefficient (Wildman–Crippen LogP) is 10.1. The fraction of sp³-hybridized carbons (Fsp3) is 0.467. The number of anilines is 2. The highest BCUT2D eigenvalue weighted by Gasteiger charge is 2.51. The average Bonchev–Trinajstić information content (AvgIpc) is 2.78. The van der Waals surface area contributed by atoms with Gasteiger partial charge in [0.25, 0.3) is 0 Å². The Bertz CT molecular complexity index is 1070. The lowest BCUT2D eigenvalue weighted by molar-refractivity contribution is 0.823. The molecule has 0 bridgehead atoms. The molecule has 0 saturated carbocycles. The zero-order valence-electron chi connectivity index (χ0n) is 22.9. The van der Waals surface area contributed by atoms with E-state index in [1.54, 1.807) is 0 Å². The van der Waals surface area contributed by atoms with E-state index in [-0.39, 0.29) is 0 Å². The quantitative estimate of drug-likeness (QED) is 0.132. The van der Waals surface area contributed by atoms with Crippen LogP contribution in [0.1, 0.15) is 108 Å². The highest BCUT2D eigenvalue weighted by atomic mass is 127. The van der Waals surface area contributed by atoms with Gasteiger partial charge in [-0.05, 0) is 58.9 Å². The van der Waals surface area contributed by atoms with Crippen LogP contribution in [-0.2, 0) is 0 Å². The Hall–Kier alpha value is -1.24. The number of benzene rings is 2. The fourth-order valence-corrected chi connectivity index (χ4v) is 12.3. The van der Waals surface area contributed by atoms with E-state index >= 15 is 0 Å². The Kier molecular flexibility index (Phi) is 8.92. The molecule has 190 valence electrons. The highest BCUT2D eigenvalue weighted by Crippen LogP contribution is 2.49. The van der Waals surface area contributed by atoms with E-state index in [1.165, 1.54) is 39.3 Å². The standard InChI is InChI=1S/C30H42ClIN2Si/c1-19(2)25-13-11-14-26(20(3)4)29(25)33-23(9)17-24(10)34(35(33,32)18-31)30-27(21(5)6)15-12-16-28(30)22(7)8/h11-17,19-22H,9,18H2,1-8,10H3. The predicted molar refractivity (Wildman–Crippen MR) is 168 cm³/mol. The van der Waals surface area contributed by atoms with Crippen LogP contribution in [-0.4, -0.2) is 11.4 Å². The maximum Gasteiger partial charge on any atom is 0.356 e. The Morgan fingerprint density at radius 1 is 0.743 bits per heavy atom. The lowest BCUT2D eigenvalue weighted by atomic mass is 9.92. The van der Waals surface area contributed by atoms with Crippen LogP contribution in [0.5, 0.6) is 0 Å². The summed E-state index contributed by atoms with van der Waals surface area (Å²) >= 11 is 9.80. The molecule has 2 aromatic carbocycles. The average molecular weight is 621 g/mol. The van der Waals surface area contributed by atoms with Crippen LogP contribution in [0.3, 0.4) is 0 Å². The Labute approximate surface area is 232 Å². The van der Waals surface area contributed by atoms with Crippen molar-refractivity contribution in [1.29, 1.82) is 0 Å². The molecule has 3 rings (SSSR count). The van der Waals surface area contributed by atoms with Gasteiger partial charge in [0.15, 0.2) is 0 Å². The zero-order chi connectivity index (χ0) is 26.2. The summed E-state index contributed by atoms with van der Waals surface area (Å²) in [6.45, 7) is 25.2. The van der Waals surface area contributed by atoms with Crippen LogP contribution >= 0.6 is 33.4 Å². The van der Waals surface area contributed by atoms with Gasteiger partial charge in [0.2, 0.25) is 0 Å². The molecule has 0 fully saturated rings. The maximum atomic E-state index is 7.07. The van der Waals surface area contributed by atoms with Gasteiger partial charge < -0.3 is 9.13 Å². The first-order chi connectivity index (χ1) is 16.4.